The molecule has 0 atom stereocenters. The molecule has 0 radical (unpaired) electrons. The van der Waals surface area contributed by atoms with E-state index in [9.17, 15) is 4.79 Å². The first kappa shape index (κ1) is 14.3. The highest BCUT2D eigenvalue weighted by molar-refractivity contribution is 9.10. The van der Waals surface area contributed by atoms with E-state index in [1.54, 1.807) is 12.3 Å². The smallest absolute Gasteiger partial charge is 0.283 e. The third-order valence-corrected chi connectivity index (χ3v) is 4.00. The molecule has 1 heterocycles. The molecule has 1 aromatic heterocycles. The Bertz CT molecular complexity index is 510. The van der Waals surface area contributed by atoms with Crippen molar-refractivity contribution < 1.29 is 0 Å². The summed E-state index contributed by atoms with van der Waals surface area (Å²) in [6.45, 7) is 5.79. The van der Waals surface area contributed by atoms with Gasteiger partial charge in [-0.2, -0.15) is 5.10 Å². The number of likely N-dealkylation sites (N-methyl/N-ethyl adjacent to an activating group) is 1. The molecule has 104 valence electrons. The van der Waals surface area contributed by atoms with E-state index in [1.807, 2.05) is 0 Å². The molecule has 0 saturated heterocycles. The average Bonchev–Trinajstić information content (AvgIpc) is 3.22. The summed E-state index contributed by atoms with van der Waals surface area (Å²) in [5.74, 6) is 0. The van der Waals surface area contributed by atoms with Crippen LogP contribution in [-0.2, 0) is 6.54 Å². The molecule has 0 aliphatic heterocycles. The number of nitrogens with one attached hydrogen (secondary N) is 1. The molecule has 1 aromatic rings. The molecule has 0 aromatic carbocycles. The van der Waals surface area contributed by atoms with E-state index in [0.29, 0.717) is 11.0 Å². The summed E-state index contributed by atoms with van der Waals surface area (Å²) in [6, 6.07) is 0.754. The minimum atomic E-state index is -0.138. The van der Waals surface area contributed by atoms with Gasteiger partial charge in [-0.25, -0.2) is 4.68 Å². The Labute approximate surface area is 121 Å². The Kier molecular flexibility index (Phi) is 4.76. The number of allylic oxidation sites excluding steroid dienone is 1. The van der Waals surface area contributed by atoms with Gasteiger partial charge in [0.15, 0.2) is 0 Å². The highest BCUT2D eigenvalue weighted by Crippen LogP contribution is 2.24. The van der Waals surface area contributed by atoms with Crippen LogP contribution in [0.25, 0.3) is 0 Å². The Morgan fingerprint density at radius 2 is 2.42 bits per heavy atom. The van der Waals surface area contributed by atoms with Crippen molar-refractivity contribution in [2.24, 2.45) is 0 Å². The second-order valence-electron chi connectivity index (χ2n) is 4.79. The fourth-order valence-electron chi connectivity index (χ4n) is 1.91. The third-order valence-electron chi connectivity index (χ3n) is 3.24. The van der Waals surface area contributed by atoms with Gasteiger partial charge in [-0.15, -0.1) is 6.58 Å². The highest BCUT2D eigenvalue weighted by atomic mass is 79.9. The summed E-state index contributed by atoms with van der Waals surface area (Å²) < 4.78 is 1.90. The van der Waals surface area contributed by atoms with Crippen LogP contribution in [0.1, 0.15) is 12.8 Å². The van der Waals surface area contributed by atoms with Crippen molar-refractivity contribution in [3.8, 4) is 0 Å². The van der Waals surface area contributed by atoms with Gasteiger partial charge in [0, 0.05) is 19.1 Å². The lowest BCUT2D eigenvalue weighted by molar-refractivity contribution is 0.337. The van der Waals surface area contributed by atoms with Gasteiger partial charge in [-0.05, 0) is 35.8 Å². The van der Waals surface area contributed by atoms with Crippen molar-refractivity contribution in [1.29, 1.82) is 0 Å². The zero-order valence-corrected chi connectivity index (χ0v) is 12.7. The summed E-state index contributed by atoms with van der Waals surface area (Å²) in [7, 11) is 2.13. The highest BCUT2D eigenvalue weighted by Gasteiger charge is 2.25. The van der Waals surface area contributed by atoms with E-state index in [0.717, 1.165) is 24.8 Å². The van der Waals surface area contributed by atoms with Gasteiger partial charge >= 0.3 is 0 Å². The van der Waals surface area contributed by atoms with Crippen LogP contribution in [0.5, 0.6) is 0 Å². The summed E-state index contributed by atoms with van der Waals surface area (Å²) >= 11 is 3.33. The van der Waals surface area contributed by atoms with E-state index in [1.165, 1.54) is 17.5 Å². The normalized spacial score (nSPS) is 14.7. The zero-order valence-electron chi connectivity index (χ0n) is 11.1. The Balaban J connectivity index is 1.94. The lowest BCUT2D eigenvalue weighted by Gasteiger charge is -2.16. The fraction of sp³-hybridized carbons (Fsp3) is 0.538. The first-order chi connectivity index (χ1) is 9.13. The van der Waals surface area contributed by atoms with Crippen molar-refractivity contribution in [2.75, 3.05) is 25.5 Å². The van der Waals surface area contributed by atoms with E-state index >= 15 is 0 Å². The van der Waals surface area contributed by atoms with Crippen LogP contribution in [-0.4, -0.2) is 40.9 Å². The van der Waals surface area contributed by atoms with E-state index in [2.05, 4.69) is 44.9 Å². The number of hydrogen-bond acceptors (Lipinski definition) is 4. The average molecular weight is 327 g/mol. The van der Waals surface area contributed by atoms with Crippen molar-refractivity contribution in [3.05, 3.63) is 33.7 Å². The summed E-state index contributed by atoms with van der Waals surface area (Å²) in [6.07, 6.45) is 5.93. The molecule has 1 aliphatic carbocycles. The van der Waals surface area contributed by atoms with Gasteiger partial charge in [0.25, 0.3) is 5.56 Å². The van der Waals surface area contributed by atoms with Crippen LogP contribution in [0, 0.1) is 0 Å². The second-order valence-corrected chi connectivity index (χ2v) is 5.58. The van der Waals surface area contributed by atoms with Crippen LogP contribution in [0.15, 0.2) is 28.1 Å². The molecule has 2 rings (SSSR count). The van der Waals surface area contributed by atoms with Gasteiger partial charge < -0.3 is 10.2 Å². The Hall–Kier alpha value is -1.14. The number of rotatable bonds is 7. The standard InChI is InChI=1S/C13H19BrN4O/c1-3-7-18-13(19)12(14)11(9-16-18)15-6-8-17(2)10-4-5-10/h3,9-10,15H,1,4-8H2,2H3. The van der Waals surface area contributed by atoms with Gasteiger partial charge in [-0.3, -0.25) is 4.79 Å². The van der Waals surface area contributed by atoms with Crippen LogP contribution >= 0.6 is 15.9 Å². The summed E-state index contributed by atoms with van der Waals surface area (Å²) in [5.41, 5.74) is 0.606. The van der Waals surface area contributed by atoms with E-state index in [-0.39, 0.29) is 5.56 Å². The van der Waals surface area contributed by atoms with Crippen LogP contribution in [0.3, 0.4) is 0 Å². The molecule has 0 amide bonds. The number of aromatic nitrogens is 2. The van der Waals surface area contributed by atoms with E-state index in [4.69, 9.17) is 0 Å². The maximum atomic E-state index is 12.0. The molecule has 1 aliphatic rings. The van der Waals surface area contributed by atoms with Crippen molar-refractivity contribution >= 4 is 21.6 Å². The van der Waals surface area contributed by atoms with Crippen LogP contribution in [0.2, 0.25) is 0 Å². The minimum absolute atomic E-state index is 0.138. The minimum Gasteiger partial charge on any atom is -0.381 e. The number of anilines is 1. The molecule has 5 nitrogen and oxygen atoms in total. The summed E-state index contributed by atoms with van der Waals surface area (Å²) in [5, 5.41) is 7.35. The first-order valence-electron chi connectivity index (χ1n) is 6.44. The molecule has 6 heteroatoms. The van der Waals surface area contributed by atoms with Crippen molar-refractivity contribution in [1.82, 2.24) is 14.7 Å². The van der Waals surface area contributed by atoms with Crippen molar-refractivity contribution in [2.45, 2.75) is 25.4 Å². The molecule has 0 spiro atoms. The topological polar surface area (TPSA) is 50.2 Å². The molecule has 19 heavy (non-hydrogen) atoms. The van der Waals surface area contributed by atoms with Gasteiger partial charge in [0.1, 0.15) is 4.47 Å². The predicted molar refractivity (Wildman–Crippen MR) is 80.5 cm³/mol. The zero-order chi connectivity index (χ0) is 13.8. The third kappa shape index (κ3) is 3.67. The molecule has 1 fully saturated rings. The van der Waals surface area contributed by atoms with Gasteiger partial charge in [-0.1, -0.05) is 6.08 Å². The molecular weight excluding hydrogens is 308 g/mol. The van der Waals surface area contributed by atoms with Crippen molar-refractivity contribution in [3.63, 3.8) is 0 Å². The second kappa shape index (κ2) is 6.34. The fourth-order valence-corrected chi connectivity index (χ4v) is 2.35. The molecule has 0 unspecified atom stereocenters. The number of hydrogen-bond donors (Lipinski definition) is 1. The van der Waals surface area contributed by atoms with Crippen LogP contribution < -0.4 is 10.9 Å². The predicted octanol–water partition coefficient (Wildman–Crippen LogP) is 1.70. The lowest BCUT2D eigenvalue weighted by Crippen LogP contribution is -2.28. The lowest BCUT2D eigenvalue weighted by atomic mass is 10.4. The molecular formula is C13H19BrN4O. The number of halogens is 1. The summed E-state index contributed by atoms with van der Waals surface area (Å²) in [4.78, 5) is 14.3. The molecule has 1 saturated carbocycles. The van der Waals surface area contributed by atoms with Gasteiger partial charge in [0.2, 0.25) is 0 Å². The van der Waals surface area contributed by atoms with Crippen LogP contribution in [0.4, 0.5) is 5.69 Å². The van der Waals surface area contributed by atoms with Gasteiger partial charge in [0.05, 0.1) is 18.4 Å². The first-order valence-corrected chi connectivity index (χ1v) is 7.23. The molecule has 0 bridgehead atoms. The quantitative estimate of drug-likeness (QED) is 0.775. The number of nitrogens with zero attached hydrogens (tertiary/aromatic N) is 3. The molecule has 1 N–H and O–H groups in total. The Morgan fingerprint density at radius 3 is 3.05 bits per heavy atom. The maximum absolute atomic E-state index is 12.0. The SMILES string of the molecule is C=CCn1ncc(NCCN(C)C2CC2)c(Br)c1=O. The maximum Gasteiger partial charge on any atom is 0.283 e. The monoisotopic (exact) mass is 326 g/mol. The largest absolute Gasteiger partial charge is 0.381 e. The Morgan fingerprint density at radius 1 is 1.68 bits per heavy atom. The van der Waals surface area contributed by atoms with E-state index < -0.39 is 0 Å².